The molecule has 0 atom stereocenters. The Hall–Kier alpha value is -5.35. The van der Waals surface area contributed by atoms with Crippen LogP contribution in [0.3, 0.4) is 0 Å². The highest BCUT2D eigenvalue weighted by atomic mass is 19.3. The SMILES string of the molecule is CC(C)(Cn1c(Cc2cc(F)c(-c3cccc(OCc4ccc(C#N)cc4F)n3)cc2F)nc2ccc(C(=O)O)cc21)OC(F)F. The van der Waals surface area contributed by atoms with Crippen LogP contribution >= 0.6 is 0 Å². The van der Waals surface area contributed by atoms with Gasteiger partial charge in [0.05, 0.1) is 46.1 Å². The number of nitriles is 1. The molecule has 13 heteroatoms. The van der Waals surface area contributed by atoms with E-state index in [4.69, 9.17) is 14.7 Å². The molecule has 0 radical (unpaired) electrons. The van der Waals surface area contributed by atoms with Gasteiger partial charge in [-0.1, -0.05) is 12.1 Å². The number of alkyl halides is 2. The van der Waals surface area contributed by atoms with Gasteiger partial charge < -0.3 is 19.1 Å². The van der Waals surface area contributed by atoms with Crippen LogP contribution in [-0.2, 0) is 24.3 Å². The monoisotopic (exact) mass is 636 g/mol. The van der Waals surface area contributed by atoms with E-state index in [-0.39, 0.29) is 64.8 Å². The van der Waals surface area contributed by atoms with Crippen LogP contribution in [0.4, 0.5) is 22.0 Å². The first-order chi connectivity index (χ1) is 21.8. The lowest BCUT2D eigenvalue weighted by atomic mass is 10.0. The average molecular weight is 637 g/mol. The number of ether oxygens (including phenoxy) is 2. The van der Waals surface area contributed by atoms with E-state index in [2.05, 4.69) is 9.97 Å². The molecule has 5 rings (SSSR count). The fourth-order valence-corrected chi connectivity index (χ4v) is 4.90. The standard InChI is InChI=1S/C33H25F5N4O4/c1-33(2,46-32(37)38)17-42-28-12-19(31(43)44)8-9-27(28)40-29(42)13-21-11-25(36)22(14-24(21)35)26-4-3-5-30(41-26)45-16-20-7-6-18(15-39)10-23(20)34/h3-12,14,32H,13,16-17H2,1-2H3,(H,43,44). The molecule has 0 aliphatic carbocycles. The second-order valence-electron chi connectivity index (χ2n) is 10.9. The van der Waals surface area contributed by atoms with Gasteiger partial charge in [-0.3, -0.25) is 0 Å². The molecule has 8 nitrogen and oxygen atoms in total. The van der Waals surface area contributed by atoms with Gasteiger partial charge >= 0.3 is 12.6 Å². The molecule has 0 aliphatic rings. The first kappa shape index (κ1) is 32.1. The summed E-state index contributed by atoms with van der Waals surface area (Å²) in [5.74, 6) is -3.30. The number of pyridine rings is 1. The Bertz CT molecular complexity index is 1990. The molecule has 0 unspecified atom stereocenters. The van der Waals surface area contributed by atoms with Gasteiger partial charge in [0.25, 0.3) is 0 Å². The van der Waals surface area contributed by atoms with E-state index in [1.807, 2.05) is 6.07 Å². The van der Waals surface area contributed by atoms with Crippen LogP contribution < -0.4 is 4.74 Å². The zero-order valence-electron chi connectivity index (χ0n) is 24.4. The zero-order valence-corrected chi connectivity index (χ0v) is 24.4. The number of aromatic carboxylic acids is 1. The first-order valence-corrected chi connectivity index (χ1v) is 13.8. The summed E-state index contributed by atoms with van der Waals surface area (Å²) >= 11 is 0. The van der Waals surface area contributed by atoms with Crippen molar-refractivity contribution >= 4 is 17.0 Å². The fourth-order valence-electron chi connectivity index (χ4n) is 4.90. The molecule has 0 fully saturated rings. The summed E-state index contributed by atoms with van der Waals surface area (Å²) in [5, 5.41) is 18.4. The van der Waals surface area contributed by atoms with Crippen molar-refractivity contribution in [2.24, 2.45) is 0 Å². The predicted octanol–water partition coefficient (Wildman–Crippen LogP) is 7.27. The Morgan fingerprint density at radius 2 is 1.74 bits per heavy atom. The summed E-state index contributed by atoms with van der Waals surface area (Å²) in [6.45, 7) is -0.681. The molecule has 2 heterocycles. The summed E-state index contributed by atoms with van der Waals surface area (Å²) in [7, 11) is 0. The number of hydrogen-bond acceptors (Lipinski definition) is 6. The largest absolute Gasteiger partial charge is 0.478 e. The van der Waals surface area contributed by atoms with Gasteiger partial charge in [0.15, 0.2) is 0 Å². The van der Waals surface area contributed by atoms with Gasteiger partial charge in [0, 0.05) is 23.6 Å². The molecular weight excluding hydrogens is 611 g/mol. The molecule has 0 amide bonds. The van der Waals surface area contributed by atoms with E-state index in [1.54, 1.807) is 0 Å². The number of fused-ring (bicyclic) bond motifs is 1. The van der Waals surface area contributed by atoms with Crippen molar-refractivity contribution in [3.8, 4) is 23.2 Å². The minimum atomic E-state index is -3.09. The van der Waals surface area contributed by atoms with E-state index in [9.17, 15) is 23.1 Å². The lowest BCUT2D eigenvalue weighted by Gasteiger charge is -2.26. The third-order valence-corrected chi connectivity index (χ3v) is 7.06. The summed E-state index contributed by atoms with van der Waals surface area (Å²) < 4.78 is 83.2. The Morgan fingerprint density at radius 3 is 2.43 bits per heavy atom. The highest BCUT2D eigenvalue weighted by Crippen LogP contribution is 2.29. The molecule has 3 aromatic carbocycles. The van der Waals surface area contributed by atoms with Gasteiger partial charge in [-0.25, -0.2) is 27.9 Å². The number of halogens is 5. The van der Waals surface area contributed by atoms with Crippen LogP contribution in [-0.4, -0.2) is 37.8 Å². The molecule has 236 valence electrons. The second kappa shape index (κ2) is 12.9. The van der Waals surface area contributed by atoms with E-state index in [1.165, 1.54) is 66.9 Å². The number of carbonyl (C=O) groups is 1. The molecule has 46 heavy (non-hydrogen) atoms. The molecule has 0 aliphatic heterocycles. The maximum absolute atomic E-state index is 15.5. The van der Waals surface area contributed by atoms with Gasteiger partial charge in [0.2, 0.25) is 5.88 Å². The Morgan fingerprint density at radius 1 is 0.978 bits per heavy atom. The van der Waals surface area contributed by atoms with E-state index >= 15 is 8.78 Å². The van der Waals surface area contributed by atoms with Crippen molar-refractivity contribution < 1.29 is 41.3 Å². The van der Waals surface area contributed by atoms with Crippen molar-refractivity contribution in [2.45, 2.75) is 45.6 Å². The van der Waals surface area contributed by atoms with Crippen LogP contribution in [0.2, 0.25) is 0 Å². The third-order valence-electron chi connectivity index (χ3n) is 7.06. The highest BCUT2D eigenvalue weighted by Gasteiger charge is 2.27. The summed E-state index contributed by atoms with van der Waals surface area (Å²) in [6.07, 6.45) is -0.266. The number of carboxylic acid groups (broad SMARTS) is 1. The summed E-state index contributed by atoms with van der Waals surface area (Å²) in [6, 6.07) is 16.2. The van der Waals surface area contributed by atoms with Gasteiger partial charge in [0.1, 0.15) is 29.9 Å². The molecule has 0 spiro atoms. The minimum Gasteiger partial charge on any atom is -0.478 e. The van der Waals surface area contributed by atoms with Crippen LogP contribution in [0.1, 0.15) is 46.7 Å². The lowest BCUT2D eigenvalue weighted by Crippen LogP contribution is -2.33. The van der Waals surface area contributed by atoms with E-state index < -0.39 is 35.6 Å². The van der Waals surface area contributed by atoms with Crippen molar-refractivity contribution in [1.29, 1.82) is 5.26 Å². The fraction of sp³-hybridized carbons (Fsp3) is 0.212. The zero-order chi connectivity index (χ0) is 33.2. The third kappa shape index (κ3) is 7.13. The Kier molecular flexibility index (Phi) is 9.02. The Balaban J connectivity index is 1.44. The van der Waals surface area contributed by atoms with Crippen molar-refractivity contribution in [1.82, 2.24) is 14.5 Å². The molecule has 0 saturated carbocycles. The number of carboxylic acids is 1. The van der Waals surface area contributed by atoms with Crippen LogP contribution in [0, 0.1) is 28.8 Å². The quantitative estimate of drug-likeness (QED) is 0.152. The molecule has 0 bridgehead atoms. The van der Waals surface area contributed by atoms with Crippen LogP contribution in [0.15, 0.2) is 66.7 Å². The summed E-state index contributed by atoms with van der Waals surface area (Å²) in [5.41, 5.74) is -0.815. The van der Waals surface area contributed by atoms with Gasteiger partial charge in [-0.15, -0.1) is 0 Å². The average Bonchev–Trinajstić information content (AvgIpc) is 3.32. The van der Waals surface area contributed by atoms with Crippen LogP contribution in [0.5, 0.6) is 5.88 Å². The van der Waals surface area contributed by atoms with Crippen LogP contribution in [0.25, 0.3) is 22.3 Å². The number of benzene rings is 3. The normalized spacial score (nSPS) is 11.6. The van der Waals surface area contributed by atoms with E-state index in [0.717, 1.165) is 18.2 Å². The van der Waals surface area contributed by atoms with Gasteiger partial charge in [-0.2, -0.15) is 14.0 Å². The topological polar surface area (TPSA) is 110 Å². The first-order valence-electron chi connectivity index (χ1n) is 13.8. The smallest absolute Gasteiger partial charge is 0.345 e. The predicted molar refractivity (Wildman–Crippen MR) is 156 cm³/mol. The number of hydrogen-bond donors (Lipinski definition) is 1. The molecule has 5 aromatic rings. The highest BCUT2D eigenvalue weighted by molar-refractivity contribution is 5.92. The molecular formula is C33H25F5N4O4. The van der Waals surface area contributed by atoms with E-state index in [0.29, 0.717) is 11.0 Å². The molecule has 2 aromatic heterocycles. The summed E-state index contributed by atoms with van der Waals surface area (Å²) in [4.78, 5) is 20.3. The minimum absolute atomic E-state index is 0.0215. The second-order valence-corrected chi connectivity index (χ2v) is 10.9. The maximum atomic E-state index is 15.5. The van der Waals surface area contributed by atoms with Crippen molar-refractivity contribution in [3.63, 3.8) is 0 Å². The Labute approximate surface area is 259 Å². The van der Waals surface area contributed by atoms with Gasteiger partial charge in [-0.05, 0) is 67.9 Å². The maximum Gasteiger partial charge on any atom is 0.345 e. The van der Waals surface area contributed by atoms with Crippen molar-refractivity contribution in [2.75, 3.05) is 0 Å². The number of aromatic nitrogens is 3. The number of rotatable bonds is 11. The molecule has 1 N–H and O–H groups in total. The lowest BCUT2D eigenvalue weighted by molar-refractivity contribution is -0.200. The number of nitrogens with zero attached hydrogens (tertiary/aromatic N) is 4. The number of imidazole rings is 1. The van der Waals surface area contributed by atoms with Crippen molar-refractivity contribution in [3.05, 3.63) is 112 Å². The molecule has 0 saturated heterocycles.